The van der Waals surface area contributed by atoms with Gasteiger partial charge in [0.1, 0.15) is 16.2 Å². The van der Waals surface area contributed by atoms with Gasteiger partial charge < -0.3 is 14.4 Å². The predicted molar refractivity (Wildman–Crippen MR) is 123 cm³/mol. The maximum Gasteiger partial charge on any atom is 0.243 e. The SMILES string of the molecule is Cn1cc(S(=O)(=O)N[C@H]2CC[C@@H](Oc3cc(N4CCOCC4)cc4nccnc34)CC2)cn1. The summed E-state index contributed by atoms with van der Waals surface area (Å²) in [5.74, 6) is 0.724. The van der Waals surface area contributed by atoms with Crippen LogP contribution in [0.5, 0.6) is 5.75 Å². The fourth-order valence-electron chi connectivity index (χ4n) is 4.43. The van der Waals surface area contributed by atoms with Gasteiger partial charge in [-0.2, -0.15) is 5.10 Å². The lowest BCUT2D eigenvalue weighted by Crippen LogP contribution is -2.39. The van der Waals surface area contributed by atoms with Crippen molar-refractivity contribution in [3.05, 3.63) is 36.9 Å². The molecule has 2 aromatic heterocycles. The Morgan fingerprint density at radius 3 is 2.58 bits per heavy atom. The van der Waals surface area contributed by atoms with E-state index < -0.39 is 10.0 Å². The number of aromatic nitrogens is 4. The first-order valence-corrected chi connectivity index (χ1v) is 12.7. The second-order valence-corrected chi connectivity index (χ2v) is 10.2. The van der Waals surface area contributed by atoms with E-state index in [0.29, 0.717) is 26.1 Å². The van der Waals surface area contributed by atoms with Gasteiger partial charge in [-0.1, -0.05) is 0 Å². The fraction of sp³-hybridized carbons (Fsp3) is 0.500. The van der Waals surface area contributed by atoms with Gasteiger partial charge in [-0.15, -0.1) is 0 Å². The van der Waals surface area contributed by atoms with E-state index in [1.54, 1.807) is 19.4 Å². The van der Waals surface area contributed by atoms with Gasteiger partial charge in [0.15, 0.2) is 0 Å². The van der Waals surface area contributed by atoms with Gasteiger partial charge in [0, 0.05) is 56.5 Å². The molecule has 5 rings (SSSR count). The molecule has 3 heterocycles. The molecule has 33 heavy (non-hydrogen) atoms. The molecule has 0 bridgehead atoms. The molecule has 11 heteroatoms. The van der Waals surface area contributed by atoms with Crippen LogP contribution >= 0.6 is 0 Å². The maximum absolute atomic E-state index is 12.6. The standard InChI is InChI=1S/C22H28N6O4S/c1-27-15-19(14-25-27)33(29,30)26-16-2-4-18(5-3-16)32-21-13-17(28-8-10-31-11-9-28)12-20-22(21)24-7-6-23-20/h6-7,12-16,18,26H,2-5,8-11H2,1H3/t16-,18+. The summed E-state index contributed by atoms with van der Waals surface area (Å²) in [5.41, 5.74) is 2.60. The van der Waals surface area contributed by atoms with Crippen molar-refractivity contribution in [2.24, 2.45) is 7.05 Å². The number of sulfonamides is 1. The summed E-state index contributed by atoms with van der Waals surface area (Å²) in [6.07, 6.45) is 9.15. The molecule has 1 saturated heterocycles. The van der Waals surface area contributed by atoms with Crippen LogP contribution in [0.1, 0.15) is 25.7 Å². The van der Waals surface area contributed by atoms with Gasteiger partial charge in [0.05, 0.1) is 31.0 Å². The number of benzene rings is 1. The van der Waals surface area contributed by atoms with Crippen LogP contribution in [-0.2, 0) is 21.8 Å². The Labute approximate surface area is 193 Å². The number of morpholine rings is 1. The van der Waals surface area contributed by atoms with Crippen molar-refractivity contribution in [3.63, 3.8) is 0 Å². The van der Waals surface area contributed by atoms with Crippen molar-refractivity contribution in [1.29, 1.82) is 0 Å². The van der Waals surface area contributed by atoms with E-state index in [0.717, 1.165) is 48.4 Å². The van der Waals surface area contributed by atoms with Gasteiger partial charge in [0.2, 0.25) is 10.0 Å². The highest BCUT2D eigenvalue weighted by atomic mass is 32.2. The number of aryl methyl sites for hydroxylation is 1. The number of nitrogens with one attached hydrogen (secondary N) is 1. The highest BCUT2D eigenvalue weighted by molar-refractivity contribution is 7.89. The summed E-state index contributed by atoms with van der Waals surface area (Å²) in [4.78, 5) is 11.5. The highest BCUT2D eigenvalue weighted by Crippen LogP contribution is 2.33. The van der Waals surface area contributed by atoms with Crippen molar-refractivity contribution >= 4 is 26.7 Å². The lowest BCUT2D eigenvalue weighted by Gasteiger charge is -2.31. The largest absolute Gasteiger partial charge is 0.488 e. The number of anilines is 1. The van der Waals surface area contributed by atoms with Crippen LogP contribution in [0.4, 0.5) is 5.69 Å². The molecule has 10 nitrogen and oxygen atoms in total. The van der Waals surface area contributed by atoms with E-state index in [4.69, 9.17) is 9.47 Å². The Kier molecular flexibility index (Phi) is 6.17. The molecule has 0 unspecified atom stereocenters. The first-order valence-electron chi connectivity index (χ1n) is 11.2. The third kappa shape index (κ3) is 4.94. The number of rotatable bonds is 6. The third-order valence-corrected chi connectivity index (χ3v) is 7.66. The first kappa shape index (κ1) is 22.1. The van der Waals surface area contributed by atoms with E-state index in [1.165, 1.54) is 17.1 Å². The normalized spacial score (nSPS) is 21.9. The molecule has 1 saturated carbocycles. The van der Waals surface area contributed by atoms with Gasteiger partial charge in [-0.25, -0.2) is 18.1 Å². The smallest absolute Gasteiger partial charge is 0.243 e. The van der Waals surface area contributed by atoms with Crippen LogP contribution in [0.25, 0.3) is 11.0 Å². The fourth-order valence-corrected chi connectivity index (χ4v) is 5.71. The Morgan fingerprint density at radius 2 is 1.85 bits per heavy atom. The Hall–Kier alpha value is -2.76. The lowest BCUT2D eigenvalue weighted by atomic mass is 9.93. The van der Waals surface area contributed by atoms with Gasteiger partial charge in [-0.3, -0.25) is 9.67 Å². The molecule has 2 fully saturated rings. The quantitative estimate of drug-likeness (QED) is 0.579. The molecule has 0 atom stereocenters. The molecular formula is C22H28N6O4S. The number of hydrogen-bond acceptors (Lipinski definition) is 8. The van der Waals surface area contributed by atoms with E-state index in [1.807, 2.05) is 12.1 Å². The minimum atomic E-state index is -3.57. The summed E-state index contributed by atoms with van der Waals surface area (Å²) < 4.78 is 41.4. The van der Waals surface area contributed by atoms with E-state index in [9.17, 15) is 8.42 Å². The summed E-state index contributed by atoms with van der Waals surface area (Å²) in [6.45, 7) is 3.06. The summed E-state index contributed by atoms with van der Waals surface area (Å²) in [5, 5.41) is 3.96. The summed E-state index contributed by atoms with van der Waals surface area (Å²) in [7, 11) is -1.87. The average molecular weight is 473 g/mol. The number of nitrogens with zero attached hydrogens (tertiary/aromatic N) is 5. The molecule has 1 aromatic carbocycles. The zero-order valence-corrected chi connectivity index (χ0v) is 19.4. The van der Waals surface area contributed by atoms with Crippen molar-refractivity contribution in [3.8, 4) is 5.75 Å². The maximum atomic E-state index is 12.6. The molecular weight excluding hydrogens is 444 g/mol. The van der Waals surface area contributed by atoms with Gasteiger partial charge >= 0.3 is 0 Å². The van der Waals surface area contributed by atoms with Crippen LogP contribution in [0.3, 0.4) is 0 Å². The molecule has 1 aliphatic carbocycles. The monoisotopic (exact) mass is 472 g/mol. The predicted octanol–water partition coefficient (Wildman–Crippen LogP) is 1.87. The number of fused-ring (bicyclic) bond motifs is 1. The van der Waals surface area contributed by atoms with Crippen LogP contribution in [-0.4, -0.2) is 66.6 Å². The molecule has 176 valence electrons. The molecule has 2 aliphatic rings. The van der Waals surface area contributed by atoms with E-state index in [-0.39, 0.29) is 17.0 Å². The molecule has 1 N–H and O–H groups in total. The minimum absolute atomic E-state index is 0.00529. The number of ether oxygens (including phenoxy) is 2. The molecule has 0 radical (unpaired) electrons. The Morgan fingerprint density at radius 1 is 1.09 bits per heavy atom. The van der Waals surface area contributed by atoms with Crippen molar-refractivity contribution < 1.29 is 17.9 Å². The Balaban J connectivity index is 1.27. The topological polar surface area (TPSA) is 111 Å². The molecule has 3 aromatic rings. The number of hydrogen-bond donors (Lipinski definition) is 1. The van der Waals surface area contributed by atoms with E-state index in [2.05, 4.69) is 24.7 Å². The van der Waals surface area contributed by atoms with Crippen molar-refractivity contribution in [2.75, 3.05) is 31.2 Å². The van der Waals surface area contributed by atoms with Gasteiger partial charge in [-0.05, 0) is 31.7 Å². The van der Waals surface area contributed by atoms with Crippen molar-refractivity contribution in [1.82, 2.24) is 24.5 Å². The van der Waals surface area contributed by atoms with E-state index >= 15 is 0 Å². The molecule has 0 amide bonds. The average Bonchev–Trinajstić information content (AvgIpc) is 3.28. The van der Waals surface area contributed by atoms with Crippen LogP contribution in [0.2, 0.25) is 0 Å². The van der Waals surface area contributed by atoms with Crippen LogP contribution in [0.15, 0.2) is 41.8 Å². The molecule has 1 aliphatic heterocycles. The zero-order valence-electron chi connectivity index (χ0n) is 18.6. The zero-order chi connectivity index (χ0) is 22.8. The second kappa shape index (κ2) is 9.24. The van der Waals surface area contributed by atoms with Gasteiger partial charge in [0.25, 0.3) is 0 Å². The van der Waals surface area contributed by atoms with Crippen LogP contribution < -0.4 is 14.4 Å². The highest BCUT2D eigenvalue weighted by Gasteiger charge is 2.28. The first-order chi connectivity index (χ1) is 16.0. The minimum Gasteiger partial charge on any atom is -0.488 e. The summed E-state index contributed by atoms with van der Waals surface area (Å²) >= 11 is 0. The van der Waals surface area contributed by atoms with Crippen LogP contribution in [0, 0.1) is 0 Å². The third-order valence-electron chi connectivity index (χ3n) is 6.18. The summed E-state index contributed by atoms with van der Waals surface area (Å²) in [6, 6.07) is 3.97. The second-order valence-electron chi connectivity index (χ2n) is 8.53. The molecule has 0 spiro atoms. The Bertz CT molecular complexity index is 1220. The van der Waals surface area contributed by atoms with Crippen molar-refractivity contribution in [2.45, 2.75) is 42.7 Å². The lowest BCUT2D eigenvalue weighted by molar-refractivity contribution is 0.122.